The minimum absolute atomic E-state index is 0.217. The van der Waals surface area contributed by atoms with E-state index in [2.05, 4.69) is 17.3 Å². The summed E-state index contributed by atoms with van der Waals surface area (Å²) in [6.07, 6.45) is 2.85. The summed E-state index contributed by atoms with van der Waals surface area (Å²) in [7, 11) is 0. The fourth-order valence-electron chi connectivity index (χ4n) is 1.89. The van der Waals surface area contributed by atoms with Gasteiger partial charge in [-0.1, -0.05) is 13.0 Å². The van der Waals surface area contributed by atoms with Gasteiger partial charge < -0.3 is 5.32 Å². The first-order chi connectivity index (χ1) is 8.70. The number of nitrogens with zero attached hydrogens (tertiary/aromatic N) is 2. The van der Waals surface area contributed by atoms with Crippen molar-refractivity contribution < 1.29 is 4.39 Å². The number of rotatable bonds is 5. The second kappa shape index (κ2) is 5.67. The lowest BCUT2D eigenvalue weighted by Crippen LogP contribution is -2.09. The molecule has 1 heterocycles. The van der Waals surface area contributed by atoms with Crippen molar-refractivity contribution in [3.63, 3.8) is 0 Å². The molecule has 2 rings (SSSR count). The van der Waals surface area contributed by atoms with Crippen molar-refractivity contribution in [1.29, 1.82) is 0 Å². The molecule has 0 aliphatic rings. The van der Waals surface area contributed by atoms with Gasteiger partial charge in [0.2, 0.25) is 0 Å². The van der Waals surface area contributed by atoms with Crippen LogP contribution in [0.3, 0.4) is 0 Å². The Morgan fingerprint density at radius 3 is 2.94 bits per heavy atom. The average Bonchev–Trinajstić information content (AvgIpc) is 2.78. The summed E-state index contributed by atoms with van der Waals surface area (Å²) in [6.45, 7) is 5.65. The minimum atomic E-state index is -0.217. The highest BCUT2D eigenvalue weighted by molar-refractivity contribution is 5.50. The first-order valence-corrected chi connectivity index (χ1v) is 6.21. The highest BCUT2D eigenvalue weighted by Gasteiger charge is 2.03. The van der Waals surface area contributed by atoms with Gasteiger partial charge in [0.15, 0.2) is 0 Å². The molecule has 0 unspecified atom stereocenters. The summed E-state index contributed by atoms with van der Waals surface area (Å²) in [6, 6.07) is 6.76. The van der Waals surface area contributed by atoms with Gasteiger partial charge in [0.25, 0.3) is 0 Å². The van der Waals surface area contributed by atoms with Crippen LogP contribution in [0.15, 0.2) is 30.5 Å². The molecule has 0 radical (unpaired) electrons. The van der Waals surface area contributed by atoms with Gasteiger partial charge in [0.05, 0.1) is 12.2 Å². The molecular weight excluding hydrogens is 229 g/mol. The van der Waals surface area contributed by atoms with Crippen LogP contribution in [0.4, 0.5) is 10.1 Å². The lowest BCUT2D eigenvalue weighted by Gasteiger charge is -2.11. The number of aromatic nitrogens is 2. The molecule has 0 fully saturated rings. The van der Waals surface area contributed by atoms with Gasteiger partial charge in [-0.2, -0.15) is 5.10 Å². The Kier molecular flexibility index (Phi) is 3.97. The molecule has 1 N–H and O–H groups in total. The quantitative estimate of drug-likeness (QED) is 0.878. The third-order valence-electron chi connectivity index (χ3n) is 2.90. The van der Waals surface area contributed by atoms with Crippen LogP contribution in [0.5, 0.6) is 0 Å². The molecule has 0 saturated heterocycles. The molecule has 0 amide bonds. The molecule has 1 aromatic carbocycles. The molecule has 0 atom stereocenters. The summed E-state index contributed by atoms with van der Waals surface area (Å²) in [5, 5.41) is 7.51. The summed E-state index contributed by atoms with van der Waals surface area (Å²) >= 11 is 0. The fraction of sp³-hybridized carbons (Fsp3) is 0.357. The van der Waals surface area contributed by atoms with Crippen molar-refractivity contribution >= 4 is 5.69 Å². The van der Waals surface area contributed by atoms with Crippen LogP contribution in [0.2, 0.25) is 0 Å². The number of aryl methyl sites for hydroxylation is 2. The number of halogens is 1. The zero-order valence-corrected chi connectivity index (χ0v) is 10.8. The van der Waals surface area contributed by atoms with E-state index in [-0.39, 0.29) is 5.82 Å². The standard InChI is InChI=1S/C14H18FN3/c1-3-8-18-13(6-7-17-18)10-16-14-9-12(15)5-4-11(14)2/h4-7,9,16H,3,8,10H2,1-2H3. The maximum atomic E-state index is 13.2. The number of nitrogens with one attached hydrogen (secondary N) is 1. The number of hydrogen-bond acceptors (Lipinski definition) is 2. The Hall–Kier alpha value is -1.84. The molecule has 2 aromatic rings. The summed E-state index contributed by atoms with van der Waals surface area (Å²) in [4.78, 5) is 0. The Morgan fingerprint density at radius 1 is 1.33 bits per heavy atom. The van der Waals surface area contributed by atoms with E-state index in [1.165, 1.54) is 12.1 Å². The van der Waals surface area contributed by atoms with Gasteiger partial charge in [0.1, 0.15) is 5.82 Å². The molecule has 96 valence electrons. The zero-order valence-electron chi connectivity index (χ0n) is 10.8. The smallest absolute Gasteiger partial charge is 0.125 e. The second-order valence-electron chi connectivity index (χ2n) is 4.36. The van der Waals surface area contributed by atoms with E-state index < -0.39 is 0 Å². The third kappa shape index (κ3) is 2.88. The Morgan fingerprint density at radius 2 is 2.17 bits per heavy atom. The van der Waals surface area contributed by atoms with Gasteiger partial charge in [0, 0.05) is 18.4 Å². The summed E-state index contributed by atoms with van der Waals surface area (Å²) in [5.74, 6) is -0.217. The first kappa shape index (κ1) is 12.6. The largest absolute Gasteiger partial charge is 0.379 e. The normalized spacial score (nSPS) is 10.6. The molecule has 0 bridgehead atoms. The first-order valence-electron chi connectivity index (χ1n) is 6.21. The van der Waals surface area contributed by atoms with Crippen molar-refractivity contribution in [2.24, 2.45) is 0 Å². The van der Waals surface area contributed by atoms with Crippen LogP contribution in [-0.4, -0.2) is 9.78 Å². The van der Waals surface area contributed by atoms with E-state index in [0.717, 1.165) is 29.9 Å². The van der Waals surface area contributed by atoms with Gasteiger partial charge in [-0.25, -0.2) is 4.39 Å². The third-order valence-corrected chi connectivity index (χ3v) is 2.90. The van der Waals surface area contributed by atoms with Crippen LogP contribution in [-0.2, 0) is 13.1 Å². The van der Waals surface area contributed by atoms with E-state index in [1.54, 1.807) is 12.3 Å². The molecule has 4 heteroatoms. The summed E-state index contributed by atoms with van der Waals surface area (Å²) < 4.78 is 15.1. The van der Waals surface area contributed by atoms with Crippen molar-refractivity contribution in [3.8, 4) is 0 Å². The van der Waals surface area contributed by atoms with Crippen LogP contribution in [0.1, 0.15) is 24.6 Å². The number of benzene rings is 1. The van der Waals surface area contributed by atoms with Crippen molar-refractivity contribution in [3.05, 3.63) is 47.5 Å². The van der Waals surface area contributed by atoms with Gasteiger partial charge in [-0.05, 0) is 37.1 Å². The molecule has 1 aromatic heterocycles. The predicted molar refractivity (Wildman–Crippen MR) is 71.0 cm³/mol. The predicted octanol–water partition coefficient (Wildman–Crippen LogP) is 3.35. The molecule has 0 aliphatic carbocycles. The average molecular weight is 247 g/mol. The van der Waals surface area contributed by atoms with Crippen molar-refractivity contribution in [1.82, 2.24) is 9.78 Å². The van der Waals surface area contributed by atoms with Crippen molar-refractivity contribution in [2.75, 3.05) is 5.32 Å². The van der Waals surface area contributed by atoms with Crippen LogP contribution >= 0.6 is 0 Å². The monoisotopic (exact) mass is 247 g/mol. The van der Waals surface area contributed by atoms with Gasteiger partial charge in [-0.15, -0.1) is 0 Å². The van der Waals surface area contributed by atoms with E-state index in [0.29, 0.717) is 6.54 Å². The van der Waals surface area contributed by atoms with Gasteiger partial charge in [-0.3, -0.25) is 4.68 Å². The molecule has 0 saturated carbocycles. The van der Waals surface area contributed by atoms with Crippen LogP contribution in [0, 0.1) is 12.7 Å². The molecule has 0 spiro atoms. The minimum Gasteiger partial charge on any atom is -0.379 e. The van der Waals surface area contributed by atoms with Gasteiger partial charge >= 0.3 is 0 Å². The Bertz CT molecular complexity index is 520. The highest BCUT2D eigenvalue weighted by atomic mass is 19.1. The molecule has 18 heavy (non-hydrogen) atoms. The second-order valence-corrected chi connectivity index (χ2v) is 4.36. The van der Waals surface area contributed by atoms with E-state index in [1.807, 2.05) is 17.7 Å². The summed E-state index contributed by atoms with van der Waals surface area (Å²) in [5.41, 5.74) is 2.98. The van der Waals surface area contributed by atoms with Crippen molar-refractivity contribution in [2.45, 2.75) is 33.4 Å². The molecule has 0 aliphatic heterocycles. The highest BCUT2D eigenvalue weighted by Crippen LogP contribution is 2.17. The Balaban J connectivity index is 2.06. The lowest BCUT2D eigenvalue weighted by molar-refractivity contribution is 0.578. The van der Waals surface area contributed by atoms with E-state index >= 15 is 0 Å². The maximum Gasteiger partial charge on any atom is 0.125 e. The van der Waals surface area contributed by atoms with E-state index in [4.69, 9.17) is 0 Å². The Labute approximate surface area is 107 Å². The lowest BCUT2D eigenvalue weighted by atomic mass is 10.2. The molecule has 3 nitrogen and oxygen atoms in total. The van der Waals surface area contributed by atoms with Crippen LogP contribution in [0.25, 0.3) is 0 Å². The fourth-order valence-corrected chi connectivity index (χ4v) is 1.89. The van der Waals surface area contributed by atoms with E-state index in [9.17, 15) is 4.39 Å². The number of anilines is 1. The maximum absolute atomic E-state index is 13.2. The van der Waals surface area contributed by atoms with Crippen LogP contribution < -0.4 is 5.32 Å². The number of hydrogen-bond donors (Lipinski definition) is 1. The SMILES string of the molecule is CCCn1nccc1CNc1cc(F)ccc1C. The topological polar surface area (TPSA) is 29.9 Å². The molecular formula is C14H18FN3. The zero-order chi connectivity index (χ0) is 13.0.